The summed E-state index contributed by atoms with van der Waals surface area (Å²) in [4.78, 5) is 4.32. The van der Waals surface area contributed by atoms with Crippen LogP contribution in [0, 0.1) is 0 Å². The van der Waals surface area contributed by atoms with Gasteiger partial charge in [-0.3, -0.25) is 0 Å². The van der Waals surface area contributed by atoms with Crippen LogP contribution in [0.25, 0.3) is 22.8 Å². The fourth-order valence-electron chi connectivity index (χ4n) is 1.78. The van der Waals surface area contributed by atoms with Crippen LogP contribution >= 0.6 is 0 Å². The Kier molecular flexibility index (Phi) is 3.47. The zero-order valence-corrected chi connectivity index (χ0v) is 10.6. The lowest BCUT2D eigenvalue weighted by Crippen LogP contribution is -2.04. The highest BCUT2D eigenvalue weighted by Crippen LogP contribution is 2.23. The molecule has 2 heterocycles. The molecule has 20 heavy (non-hydrogen) atoms. The number of nitrogens with zero attached hydrogens (tertiary/aromatic N) is 2. The molecule has 0 radical (unpaired) electrons. The molecule has 0 aliphatic heterocycles. The Morgan fingerprint density at radius 1 is 1.10 bits per heavy atom. The zero-order valence-electron chi connectivity index (χ0n) is 10.6. The molecule has 0 saturated heterocycles. The molecule has 0 atom stereocenters. The van der Waals surface area contributed by atoms with Crippen LogP contribution in [0.3, 0.4) is 0 Å². The molecule has 3 aromatic rings. The van der Waals surface area contributed by atoms with Gasteiger partial charge in [0.15, 0.2) is 0 Å². The lowest BCUT2D eigenvalue weighted by Gasteiger charge is -2.03. The molecule has 6 nitrogen and oxygen atoms in total. The largest absolute Gasteiger partial charge is 0.472 e. The maximum Gasteiger partial charge on any atom is 0.258 e. The number of hydrogen-bond acceptors (Lipinski definition) is 6. The minimum atomic E-state index is 0.0967. The van der Waals surface area contributed by atoms with E-state index >= 15 is 0 Å². The zero-order chi connectivity index (χ0) is 13.8. The van der Waals surface area contributed by atoms with Crippen molar-refractivity contribution >= 4 is 5.69 Å². The maximum atomic E-state index is 8.75. The fourth-order valence-corrected chi connectivity index (χ4v) is 1.78. The Bertz CT molecular complexity index is 659. The van der Waals surface area contributed by atoms with E-state index in [1.54, 1.807) is 18.6 Å². The molecule has 0 spiro atoms. The number of anilines is 1. The Hall–Kier alpha value is -2.60. The van der Waals surface area contributed by atoms with Crippen molar-refractivity contribution in [2.24, 2.45) is 0 Å². The van der Waals surface area contributed by atoms with Crippen LogP contribution in [-0.2, 0) is 0 Å². The Labute approximate surface area is 115 Å². The summed E-state index contributed by atoms with van der Waals surface area (Å²) >= 11 is 0. The van der Waals surface area contributed by atoms with E-state index in [1.165, 1.54) is 0 Å². The van der Waals surface area contributed by atoms with E-state index in [4.69, 9.17) is 14.0 Å². The predicted molar refractivity (Wildman–Crippen MR) is 73.0 cm³/mol. The summed E-state index contributed by atoms with van der Waals surface area (Å²) in [7, 11) is 0. The minimum absolute atomic E-state index is 0.0967. The molecule has 102 valence electrons. The molecular formula is C14H13N3O3. The average Bonchev–Trinajstić information content (AvgIpc) is 3.16. The van der Waals surface area contributed by atoms with Crippen LogP contribution in [-0.4, -0.2) is 28.4 Å². The van der Waals surface area contributed by atoms with Crippen LogP contribution < -0.4 is 5.32 Å². The number of aliphatic hydroxyl groups is 1. The molecule has 0 amide bonds. The number of hydrogen-bond donors (Lipinski definition) is 2. The van der Waals surface area contributed by atoms with Gasteiger partial charge in [0, 0.05) is 17.8 Å². The second-order valence-electron chi connectivity index (χ2n) is 4.16. The normalized spacial score (nSPS) is 10.7. The van der Waals surface area contributed by atoms with Crippen molar-refractivity contribution in [3.63, 3.8) is 0 Å². The summed E-state index contributed by atoms with van der Waals surface area (Å²) in [6.45, 7) is 0.615. The minimum Gasteiger partial charge on any atom is -0.472 e. The molecule has 0 unspecified atom stereocenters. The van der Waals surface area contributed by atoms with Crippen molar-refractivity contribution in [3.05, 3.63) is 42.9 Å². The highest BCUT2D eigenvalue weighted by Gasteiger charge is 2.11. The second-order valence-corrected chi connectivity index (χ2v) is 4.16. The molecule has 2 aromatic heterocycles. The Morgan fingerprint density at radius 2 is 1.95 bits per heavy atom. The summed E-state index contributed by atoms with van der Waals surface area (Å²) in [5.41, 5.74) is 2.54. The quantitative estimate of drug-likeness (QED) is 0.741. The van der Waals surface area contributed by atoms with Crippen molar-refractivity contribution in [1.82, 2.24) is 10.1 Å². The Balaban J connectivity index is 1.79. The van der Waals surface area contributed by atoms with Crippen molar-refractivity contribution < 1.29 is 14.0 Å². The van der Waals surface area contributed by atoms with E-state index in [0.717, 1.165) is 16.8 Å². The molecule has 6 heteroatoms. The van der Waals surface area contributed by atoms with Gasteiger partial charge in [0.05, 0.1) is 18.4 Å². The topological polar surface area (TPSA) is 84.3 Å². The first-order valence-corrected chi connectivity index (χ1v) is 6.18. The number of aromatic nitrogens is 2. The molecule has 0 saturated carbocycles. The average molecular weight is 271 g/mol. The van der Waals surface area contributed by atoms with Gasteiger partial charge in [-0.1, -0.05) is 5.16 Å². The maximum absolute atomic E-state index is 8.75. The summed E-state index contributed by atoms with van der Waals surface area (Å²) < 4.78 is 10.2. The fraction of sp³-hybridized carbons (Fsp3) is 0.143. The van der Waals surface area contributed by atoms with E-state index in [1.807, 2.05) is 24.3 Å². The molecular weight excluding hydrogens is 258 g/mol. The van der Waals surface area contributed by atoms with Crippen molar-refractivity contribution in [1.29, 1.82) is 0 Å². The van der Waals surface area contributed by atoms with Crippen LogP contribution in [0.1, 0.15) is 0 Å². The van der Waals surface area contributed by atoms with Gasteiger partial charge >= 0.3 is 0 Å². The van der Waals surface area contributed by atoms with Crippen LogP contribution in [0.4, 0.5) is 5.69 Å². The van der Waals surface area contributed by atoms with Gasteiger partial charge in [0.2, 0.25) is 5.82 Å². The van der Waals surface area contributed by atoms with E-state index in [9.17, 15) is 0 Å². The summed E-state index contributed by atoms with van der Waals surface area (Å²) in [5.74, 6) is 0.950. The third-order valence-electron chi connectivity index (χ3n) is 2.78. The van der Waals surface area contributed by atoms with Gasteiger partial charge in [0.25, 0.3) is 5.89 Å². The van der Waals surface area contributed by atoms with Gasteiger partial charge in [-0.25, -0.2) is 0 Å². The summed E-state index contributed by atoms with van der Waals surface area (Å²) in [6, 6.07) is 9.33. The van der Waals surface area contributed by atoms with E-state index < -0.39 is 0 Å². The summed E-state index contributed by atoms with van der Waals surface area (Å²) in [5, 5.41) is 15.7. The number of aliphatic hydroxyl groups excluding tert-OH is 1. The first-order valence-electron chi connectivity index (χ1n) is 6.18. The first kappa shape index (κ1) is 12.4. The standard InChI is InChI=1S/C14H13N3O3/c18-7-6-15-12-3-1-10(2-4-12)14-16-13(17-20-14)11-5-8-19-9-11/h1-5,8-9,15,18H,6-7H2. The highest BCUT2D eigenvalue weighted by atomic mass is 16.5. The lowest BCUT2D eigenvalue weighted by molar-refractivity contribution is 0.311. The number of furan rings is 1. The van der Waals surface area contributed by atoms with Gasteiger partial charge in [-0.15, -0.1) is 0 Å². The number of nitrogens with one attached hydrogen (secondary N) is 1. The third kappa shape index (κ3) is 2.55. The predicted octanol–water partition coefficient (Wildman–Crippen LogP) is 2.40. The van der Waals surface area contributed by atoms with Crippen LogP contribution in [0.15, 0.2) is 51.8 Å². The van der Waals surface area contributed by atoms with Gasteiger partial charge < -0.3 is 19.4 Å². The monoisotopic (exact) mass is 271 g/mol. The third-order valence-corrected chi connectivity index (χ3v) is 2.78. The molecule has 1 aromatic carbocycles. The van der Waals surface area contributed by atoms with Crippen molar-refractivity contribution in [3.8, 4) is 22.8 Å². The van der Waals surface area contributed by atoms with Crippen LogP contribution in [0.2, 0.25) is 0 Å². The highest BCUT2D eigenvalue weighted by molar-refractivity contribution is 5.61. The molecule has 0 bridgehead atoms. The molecule has 3 rings (SSSR count). The van der Waals surface area contributed by atoms with Crippen molar-refractivity contribution in [2.45, 2.75) is 0 Å². The smallest absolute Gasteiger partial charge is 0.258 e. The van der Waals surface area contributed by atoms with E-state index in [0.29, 0.717) is 18.3 Å². The van der Waals surface area contributed by atoms with E-state index in [2.05, 4.69) is 15.5 Å². The molecule has 0 fully saturated rings. The molecule has 0 aliphatic rings. The van der Waals surface area contributed by atoms with Crippen molar-refractivity contribution in [2.75, 3.05) is 18.5 Å². The van der Waals surface area contributed by atoms with Gasteiger partial charge in [-0.05, 0) is 30.3 Å². The van der Waals surface area contributed by atoms with Gasteiger partial charge in [0.1, 0.15) is 6.26 Å². The van der Waals surface area contributed by atoms with Gasteiger partial charge in [-0.2, -0.15) is 4.98 Å². The van der Waals surface area contributed by atoms with Crippen LogP contribution in [0.5, 0.6) is 0 Å². The molecule has 2 N–H and O–H groups in total. The Morgan fingerprint density at radius 3 is 2.65 bits per heavy atom. The second kappa shape index (κ2) is 5.58. The summed E-state index contributed by atoms with van der Waals surface area (Å²) in [6.07, 6.45) is 3.13. The number of rotatable bonds is 5. The lowest BCUT2D eigenvalue weighted by atomic mass is 10.2. The van der Waals surface area contributed by atoms with E-state index in [-0.39, 0.29) is 6.61 Å². The first-order chi connectivity index (χ1) is 9.86. The number of benzene rings is 1. The SMILES string of the molecule is OCCNc1ccc(-c2nc(-c3ccoc3)no2)cc1. The molecule has 0 aliphatic carbocycles.